The molecule has 3 aromatic heterocycles. The van der Waals surface area contributed by atoms with Crippen molar-refractivity contribution in [2.75, 3.05) is 31.1 Å². The summed E-state index contributed by atoms with van der Waals surface area (Å²) in [6.07, 6.45) is 6.82. The molecule has 1 saturated heterocycles. The Morgan fingerprint density at radius 1 is 1.30 bits per heavy atom. The Labute approximate surface area is 156 Å². The summed E-state index contributed by atoms with van der Waals surface area (Å²) in [4.78, 5) is 28.5. The van der Waals surface area contributed by atoms with E-state index >= 15 is 0 Å². The van der Waals surface area contributed by atoms with E-state index in [0.717, 1.165) is 55.0 Å². The zero-order valence-electron chi connectivity index (χ0n) is 15.3. The van der Waals surface area contributed by atoms with Crippen LogP contribution in [0, 0.1) is 12.3 Å². The molecular weight excluding hydrogens is 344 g/mol. The van der Waals surface area contributed by atoms with E-state index in [4.69, 9.17) is 4.52 Å². The highest BCUT2D eigenvalue weighted by Gasteiger charge is 2.48. The number of carbonyl (C=O) groups is 1. The number of aromatic nitrogens is 4. The number of rotatable bonds is 4. The Morgan fingerprint density at radius 3 is 2.93 bits per heavy atom. The molecule has 0 bridgehead atoms. The van der Waals surface area contributed by atoms with Crippen LogP contribution in [0.25, 0.3) is 11.0 Å². The molecule has 1 N–H and O–H groups in total. The average Bonchev–Trinajstić information content (AvgIpc) is 3.08. The van der Waals surface area contributed by atoms with Crippen molar-refractivity contribution in [3.05, 3.63) is 36.1 Å². The third kappa shape index (κ3) is 2.90. The van der Waals surface area contributed by atoms with Crippen LogP contribution in [0.15, 0.2) is 29.2 Å². The Kier molecular flexibility index (Phi) is 3.75. The molecule has 1 spiro atoms. The predicted molar refractivity (Wildman–Crippen MR) is 99.4 cm³/mol. The lowest BCUT2D eigenvalue weighted by molar-refractivity contribution is -0.113. The zero-order valence-corrected chi connectivity index (χ0v) is 15.3. The fraction of sp³-hybridized carbons (Fsp3) is 0.474. The summed E-state index contributed by atoms with van der Waals surface area (Å²) in [7, 11) is 0. The Balaban J connectivity index is 1.45. The molecule has 8 nitrogen and oxygen atoms in total. The summed E-state index contributed by atoms with van der Waals surface area (Å²) in [6, 6.07) is 3.49. The van der Waals surface area contributed by atoms with E-state index < -0.39 is 0 Å². The Hall–Kier alpha value is -2.74. The number of hydrogen-bond acceptors (Lipinski definition) is 7. The minimum Gasteiger partial charge on any atom is -0.359 e. The SMILES string of the molecule is Cc1cc(C(C=O)N2CCN(c3ncnc4[nH]ccc34)CC3(CC3)C2)on1. The Morgan fingerprint density at radius 2 is 2.19 bits per heavy atom. The van der Waals surface area contributed by atoms with Crippen LogP contribution in [0.2, 0.25) is 0 Å². The van der Waals surface area contributed by atoms with Gasteiger partial charge in [0.25, 0.3) is 0 Å². The van der Waals surface area contributed by atoms with Gasteiger partial charge in [-0.25, -0.2) is 9.97 Å². The summed E-state index contributed by atoms with van der Waals surface area (Å²) in [5.41, 5.74) is 1.86. The first-order valence-corrected chi connectivity index (χ1v) is 9.33. The number of anilines is 1. The monoisotopic (exact) mass is 366 g/mol. The molecule has 27 heavy (non-hydrogen) atoms. The summed E-state index contributed by atoms with van der Waals surface area (Å²) in [5, 5.41) is 5.00. The molecule has 8 heteroatoms. The minimum absolute atomic E-state index is 0.209. The van der Waals surface area contributed by atoms with Gasteiger partial charge in [0, 0.05) is 43.9 Å². The van der Waals surface area contributed by atoms with Crippen molar-refractivity contribution in [3.8, 4) is 0 Å². The maximum Gasteiger partial charge on any atom is 0.161 e. The summed E-state index contributed by atoms with van der Waals surface area (Å²) >= 11 is 0. The third-order valence-corrected chi connectivity index (χ3v) is 5.77. The van der Waals surface area contributed by atoms with Crippen LogP contribution in [0.3, 0.4) is 0 Å². The lowest BCUT2D eigenvalue weighted by Gasteiger charge is -2.26. The molecule has 1 atom stereocenters. The van der Waals surface area contributed by atoms with E-state index in [2.05, 4.69) is 29.9 Å². The molecule has 1 aliphatic heterocycles. The van der Waals surface area contributed by atoms with Crippen LogP contribution >= 0.6 is 0 Å². The maximum atomic E-state index is 11.9. The lowest BCUT2D eigenvalue weighted by atomic mass is 10.0. The van der Waals surface area contributed by atoms with Crippen molar-refractivity contribution in [1.82, 2.24) is 25.0 Å². The fourth-order valence-corrected chi connectivity index (χ4v) is 4.17. The van der Waals surface area contributed by atoms with E-state index in [9.17, 15) is 4.79 Å². The van der Waals surface area contributed by atoms with E-state index in [1.807, 2.05) is 25.3 Å². The van der Waals surface area contributed by atoms with Gasteiger partial charge in [-0.3, -0.25) is 4.90 Å². The molecule has 140 valence electrons. The third-order valence-electron chi connectivity index (χ3n) is 5.77. The number of nitrogens with one attached hydrogen (secondary N) is 1. The van der Waals surface area contributed by atoms with Gasteiger partial charge in [-0.2, -0.15) is 0 Å². The average molecular weight is 366 g/mol. The second kappa shape index (κ2) is 6.16. The first-order valence-electron chi connectivity index (χ1n) is 9.33. The smallest absolute Gasteiger partial charge is 0.161 e. The number of aldehydes is 1. The van der Waals surface area contributed by atoms with Crippen molar-refractivity contribution in [2.45, 2.75) is 25.8 Å². The van der Waals surface area contributed by atoms with Crippen LogP contribution in [-0.2, 0) is 4.79 Å². The van der Waals surface area contributed by atoms with E-state index in [-0.39, 0.29) is 11.5 Å². The van der Waals surface area contributed by atoms with Crippen molar-refractivity contribution < 1.29 is 9.32 Å². The topological polar surface area (TPSA) is 91.2 Å². The van der Waals surface area contributed by atoms with Crippen LogP contribution in [0.4, 0.5) is 5.82 Å². The number of nitrogens with zero attached hydrogens (tertiary/aromatic N) is 5. The molecule has 3 aromatic rings. The van der Waals surface area contributed by atoms with Crippen LogP contribution < -0.4 is 4.90 Å². The number of fused-ring (bicyclic) bond motifs is 1. The first kappa shape index (κ1) is 16.4. The summed E-state index contributed by atoms with van der Waals surface area (Å²) in [5.74, 6) is 1.59. The lowest BCUT2D eigenvalue weighted by Crippen LogP contribution is -2.35. The molecule has 5 rings (SSSR count). The van der Waals surface area contributed by atoms with Crippen molar-refractivity contribution >= 4 is 23.1 Å². The molecule has 2 fully saturated rings. The molecule has 0 aromatic carbocycles. The quantitative estimate of drug-likeness (QED) is 0.707. The van der Waals surface area contributed by atoms with Crippen molar-refractivity contribution in [2.24, 2.45) is 5.41 Å². The van der Waals surface area contributed by atoms with Gasteiger partial charge in [0.05, 0.1) is 11.1 Å². The molecule has 0 radical (unpaired) electrons. The molecule has 0 amide bonds. The van der Waals surface area contributed by atoms with E-state index in [1.165, 1.54) is 12.8 Å². The summed E-state index contributed by atoms with van der Waals surface area (Å²) in [6.45, 7) is 5.27. The number of carbonyl (C=O) groups excluding carboxylic acids is 1. The van der Waals surface area contributed by atoms with Gasteiger partial charge in [0.1, 0.15) is 30.1 Å². The molecule has 1 unspecified atom stereocenters. The van der Waals surface area contributed by atoms with Crippen molar-refractivity contribution in [3.63, 3.8) is 0 Å². The first-order chi connectivity index (χ1) is 13.2. The molecular formula is C19H22N6O2. The minimum atomic E-state index is -0.388. The predicted octanol–water partition coefficient (Wildman–Crippen LogP) is 2.10. The van der Waals surface area contributed by atoms with E-state index in [1.54, 1.807) is 6.33 Å². The summed E-state index contributed by atoms with van der Waals surface area (Å²) < 4.78 is 5.40. The number of aromatic amines is 1. The van der Waals surface area contributed by atoms with Gasteiger partial charge in [-0.1, -0.05) is 5.16 Å². The highest BCUT2D eigenvalue weighted by atomic mass is 16.5. The molecule has 4 heterocycles. The molecule has 2 aliphatic rings. The number of hydrogen-bond donors (Lipinski definition) is 1. The van der Waals surface area contributed by atoms with Crippen LogP contribution in [0.5, 0.6) is 0 Å². The maximum absolute atomic E-state index is 11.9. The van der Waals surface area contributed by atoms with Gasteiger partial charge in [0.15, 0.2) is 5.76 Å². The Bertz CT molecular complexity index is 975. The second-order valence-corrected chi connectivity index (χ2v) is 7.78. The fourth-order valence-electron chi connectivity index (χ4n) is 4.17. The largest absolute Gasteiger partial charge is 0.359 e. The zero-order chi connectivity index (χ0) is 18.4. The van der Waals surface area contributed by atoms with Crippen LogP contribution in [0.1, 0.15) is 30.3 Å². The van der Waals surface area contributed by atoms with Crippen LogP contribution in [-0.4, -0.2) is 57.5 Å². The standard InChI is InChI=1S/C19H22N6O2/c1-13-8-16(27-23-13)15(9-26)24-6-7-25(11-19(10-24)3-4-19)18-14-2-5-20-17(14)21-12-22-18/h2,5,8-9,12,15H,3-4,6-7,10-11H2,1H3,(H,20,21,22). The highest BCUT2D eigenvalue weighted by molar-refractivity contribution is 5.87. The van der Waals surface area contributed by atoms with Gasteiger partial charge in [-0.15, -0.1) is 0 Å². The molecule has 1 saturated carbocycles. The van der Waals surface area contributed by atoms with Gasteiger partial charge < -0.3 is 19.2 Å². The normalized spacial score (nSPS) is 20.7. The second-order valence-electron chi connectivity index (χ2n) is 7.78. The highest BCUT2D eigenvalue weighted by Crippen LogP contribution is 2.49. The van der Waals surface area contributed by atoms with Gasteiger partial charge in [-0.05, 0) is 25.8 Å². The van der Waals surface area contributed by atoms with Crippen molar-refractivity contribution in [1.29, 1.82) is 0 Å². The van der Waals surface area contributed by atoms with E-state index in [0.29, 0.717) is 5.76 Å². The number of aryl methyl sites for hydroxylation is 1. The molecule has 1 aliphatic carbocycles. The number of H-pyrrole nitrogens is 1. The van der Waals surface area contributed by atoms with Gasteiger partial charge in [0.2, 0.25) is 0 Å². The van der Waals surface area contributed by atoms with Gasteiger partial charge >= 0.3 is 0 Å².